The third kappa shape index (κ3) is 3.66. The number of ketones is 1. The molecular weight excluding hydrogens is 214 g/mol. The first-order valence-electron chi connectivity index (χ1n) is 6.48. The molecule has 1 fully saturated rings. The molecule has 1 aliphatic carbocycles. The van der Waals surface area contributed by atoms with E-state index in [1.165, 1.54) is 12.8 Å². The molecule has 0 saturated heterocycles. The van der Waals surface area contributed by atoms with Gasteiger partial charge in [-0.2, -0.15) is 5.10 Å². The molecule has 0 amide bonds. The molecule has 17 heavy (non-hydrogen) atoms. The van der Waals surface area contributed by atoms with Crippen LogP contribution in [0.25, 0.3) is 0 Å². The second-order valence-corrected chi connectivity index (χ2v) is 4.91. The van der Waals surface area contributed by atoms with Crippen LogP contribution in [0.1, 0.15) is 44.8 Å². The Balaban J connectivity index is 1.80. The Morgan fingerprint density at radius 1 is 1.65 bits per heavy atom. The van der Waals surface area contributed by atoms with Crippen LogP contribution in [0.15, 0.2) is 12.3 Å². The fourth-order valence-electron chi connectivity index (χ4n) is 1.71. The number of hydrogen-bond acceptors (Lipinski definition) is 3. The largest absolute Gasteiger partial charge is 0.307 e. The minimum atomic E-state index is 0.228. The van der Waals surface area contributed by atoms with E-state index in [4.69, 9.17) is 0 Å². The number of nitrogens with zero attached hydrogens (tertiary/aromatic N) is 2. The average molecular weight is 235 g/mol. The summed E-state index contributed by atoms with van der Waals surface area (Å²) in [7, 11) is 0. The second kappa shape index (κ2) is 5.45. The van der Waals surface area contributed by atoms with Crippen LogP contribution < -0.4 is 5.32 Å². The maximum Gasteiger partial charge on any atom is 0.152 e. The molecular formula is C13H21N3O. The molecule has 94 valence electrons. The van der Waals surface area contributed by atoms with Gasteiger partial charge in [0, 0.05) is 18.3 Å². The van der Waals surface area contributed by atoms with Gasteiger partial charge in [-0.3, -0.25) is 9.48 Å². The molecule has 1 aromatic rings. The van der Waals surface area contributed by atoms with Crippen molar-refractivity contribution in [1.82, 2.24) is 15.1 Å². The Morgan fingerprint density at radius 3 is 3.06 bits per heavy atom. The third-order valence-electron chi connectivity index (χ3n) is 3.25. The van der Waals surface area contributed by atoms with Gasteiger partial charge in [0.1, 0.15) is 0 Å². The summed E-state index contributed by atoms with van der Waals surface area (Å²) in [5, 5.41) is 7.66. The Hall–Kier alpha value is -1.16. The number of carbonyl (C=O) groups is 1. The summed E-state index contributed by atoms with van der Waals surface area (Å²) in [5.41, 5.74) is 0.882. The van der Waals surface area contributed by atoms with Gasteiger partial charge in [-0.15, -0.1) is 0 Å². The number of rotatable bonds is 7. The lowest BCUT2D eigenvalue weighted by Crippen LogP contribution is -2.26. The molecule has 1 saturated carbocycles. The zero-order valence-corrected chi connectivity index (χ0v) is 10.6. The van der Waals surface area contributed by atoms with Crippen molar-refractivity contribution >= 4 is 5.78 Å². The van der Waals surface area contributed by atoms with Crippen LogP contribution in [0.4, 0.5) is 0 Å². The summed E-state index contributed by atoms with van der Waals surface area (Å²) < 4.78 is 1.94. The normalized spacial score (nSPS) is 17.1. The van der Waals surface area contributed by atoms with Gasteiger partial charge in [-0.25, -0.2) is 0 Å². The number of aromatic nitrogens is 2. The van der Waals surface area contributed by atoms with Crippen molar-refractivity contribution in [3.63, 3.8) is 0 Å². The molecule has 0 bridgehead atoms. The molecule has 4 nitrogen and oxygen atoms in total. The predicted octanol–water partition coefficient (Wildman–Crippen LogP) is 1.72. The molecule has 1 unspecified atom stereocenters. The highest BCUT2D eigenvalue weighted by Crippen LogP contribution is 2.18. The summed E-state index contributed by atoms with van der Waals surface area (Å²) >= 11 is 0. The fourth-order valence-corrected chi connectivity index (χ4v) is 1.71. The van der Waals surface area contributed by atoms with Gasteiger partial charge in [0.2, 0.25) is 0 Å². The predicted molar refractivity (Wildman–Crippen MR) is 67.0 cm³/mol. The zero-order chi connectivity index (χ0) is 12.3. The van der Waals surface area contributed by atoms with E-state index in [1.807, 2.05) is 16.9 Å². The van der Waals surface area contributed by atoms with E-state index in [1.54, 1.807) is 0 Å². The van der Waals surface area contributed by atoms with Gasteiger partial charge >= 0.3 is 0 Å². The van der Waals surface area contributed by atoms with E-state index >= 15 is 0 Å². The van der Waals surface area contributed by atoms with Crippen LogP contribution in [0.5, 0.6) is 0 Å². The zero-order valence-electron chi connectivity index (χ0n) is 10.6. The highest BCUT2D eigenvalue weighted by molar-refractivity contribution is 5.82. The van der Waals surface area contributed by atoms with Crippen molar-refractivity contribution in [2.45, 2.75) is 51.6 Å². The molecule has 0 aliphatic heterocycles. The van der Waals surface area contributed by atoms with Gasteiger partial charge in [0.05, 0.1) is 18.7 Å². The van der Waals surface area contributed by atoms with Gasteiger partial charge in [0.15, 0.2) is 5.78 Å². The number of Topliss-reactive ketones (excluding diaryl/α,β-unsaturated/α-hetero) is 1. The number of carbonyl (C=O) groups excluding carboxylic acids is 1. The third-order valence-corrected chi connectivity index (χ3v) is 3.25. The second-order valence-electron chi connectivity index (χ2n) is 4.91. The molecule has 0 spiro atoms. The highest BCUT2D eigenvalue weighted by atomic mass is 16.1. The van der Waals surface area contributed by atoms with Crippen molar-refractivity contribution in [2.24, 2.45) is 0 Å². The van der Waals surface area contributed by atoms with E-state index in [-0.39, 0.29) is 5.78 Å². The lowest BCUT2D eigenvalue weighted by molar-refractivity contribution is -0.117. The summed E-state index contributed by atoms with van der Waals surface area (Å²) in [6.45, 7) is 4.75. The summed E-state index contributed by atoms with van der Waals surface area (Å²) in [5.74, 6) is 0.228. The van der Waals surface area contributed by atoms with Crippen LogP contribution >= 0.6 is 0 Å². The average Bonchev–Trinajstić information content (AvgIpc) is 3.05. The van der Waals surface area contributed by atoms with Crippen LogP contribution in [0.3, 0.4) is 0 Å². The first-order chi connectivity index (χ1) is 8.19. The first-order valence-corrected chi connectivity index (χ1v) is 6.48. The lowest BCUT2D eigenvalue weighted by Gasteiger charge is -2.08. The fraction of sp³-hybridized carbons (Fsp3) is 0.692. The van der Waals surface area contributed by atoms with Gasteiger partial charge in [-0.05, 0) is 32.3 Å². The monoisotopic (exact) mass is 235 g/mol. The molecule has 4 heteroatoms. The summed E-state index contributed by atoms with van der Waals surface area (Å²) in [6, 6.07) is 2.95. The molecule has 1 atom stereocenters. The molecule has 0 aromatic carbocycles. The number of hydrogen-bond donors (Lipinski definition) is 1. The quantitative estimate of drug-likeness (QED) is 0.782. The molecule has 2 rings (SSSR count). The Bertz CT molecular complexity index is 382. The molecule has 1 N–H and O–H groups in total. The van der Waals surface area contributed by atoms with Crippen molar-refractivity contribution in [3.8, 4) is 0 Å². The molecule has 0 radical (unpaired) electrons. The van der Waals surface area contributed by atoms with E-state index in [2.05, 4.69) is 24.3 Å². The van der Waals surface area contributed by atoms with Gasteiger partial charge < -0.3 is 5.32 Å². The van der Waals surface area contributed by atoms with Gasteiger partial charge in [0.25, 0.3) is 0 Å². The summed E-state index contributed by atoms with van der Waals surface area (Å²) in [6.07, 6.45) is 5.90. The lowest BCUT2D eigenvalue weighted by atomic mass is 10.2. The van der Waals surface area contributed by atoms with Crippen LogP contribution in [-0.4, -0.2) is 28.2 Å². The minimum Gasteiger partial charge on any atom is -0.307 e. The van der Waals surface area contributed by atoms with Gasteiger partial charge in [-0.1, -0.05) is 6.92 Å². The minimum absolute atomic E-state index is 0.228. The maximum absolute atomic E-state index is 11.7. The Morgan fingerprint density at radius 2 is 2.41 bits per heavy atom. The topological polar surface area (TPSA) is 46.9 Å². The van der Waals surface area contributed by atoms with E-state index in [0.717, 1.165) is 12.1 Å². The van der Waals surface area contributed by atoms with E-state index in [9.17, 15) is 4.79 Å². The van der Waals surface area contributed by atoms with Crippen LogP contribution in [0.2, 0.25) is 0 Å². The molecule has 1 heterocycles. The van der Waals surface area contributed by atoms with Crippen molar-refractivity contribution < 1.29 is 4.79 Å². The van der Waals surface area contributed by atoms with Crippen molar-refractivity contribution in [3.05, 3.63) is 18.0 Å². The standard InChI is InChI=1S/C13H21N3O/c1-3-10(2)16-7-6-12(15-16)8-13(17)9-14-11-4-5-11/h6-7,10-11,14H,3-5,8-9H2,1-2H3. The van der Waals surface area contributed by atoms with Crippen molar-refractivity contribution in [1.29, 1.82) is 0 Å². The number of nitrogens with one attached hydrogen (secondary N) is 1. The highest BCUT2D eigenvalue weighted by Gasteiger charge is 2.21. The van der Waals surface area contributed by atoms with E-state index < -0.39 is 0 Å². The smallest absolute Gasteiger partial charge is 0.152 e. The van der Waals surface area contributed by atoms with Crippen LogP contribution in [-0.2, 0) is 11.2 Å². The van der Waals surface area contributed by atoms with Crippen molar-refractivity contribution in [2.75, 3.05) is 6.54 Å². The molecule has 1 aromatic heterocycles. The first kappa shape index (κ1) is 12.3. The summed E-state index contributed by atoms with van der Waals surface area (Å²) in [4.78, 5) is 11.7. The van der Waals surface area contributed by atoms with E-state index in [0.29, 0.717) is 25.0 Å². The maximum atomic E-state index is 11.7. The van der Waals surface area contributed by atoms with Crippen LogP contribution in [0, 0.1) is 0 Å². The SMILES string of the molecule is CCC(C)n1ccc(CC(=O)CNC2CC2)n1. The Labute approximate surface area is 102 Å². The Kier molecular flexibility index (Phi) is 3.94. The molecule has 1 aliphatic rings.